The first-order chi connectivity index (χ1) is 9.16. The number of piperidine rings is 1. The molecule has 4 nitrogen and oxygen atoms in total. The zero-order chi connectivity index (χ0) is 13.7. The van der Waals surface area contributed by atoms with Gasteiger partial charge in [-0.05, 0) is 38.3 Å². The molecule has 0 amide bonds. The van der Waals surface area contributed by atoms with Crippen molar-refractivity contribution in [3.05, 3.63) is 18.2 Å². The Balaban J connectivity index is 1.87. The van der Waals surface area contributed by atoms with Crippen LogP contribution in [0.15, 0.2) is 12.5 Å². The molecule has 1 atom stereocenters. The van der Waals surface area contributed by atoms with Crippen LogP contribution in [-0.4, -0.2) is 34.1 Å². The molecule has 1 aliphatic rings. The zero-order valence-electron chi connectivity index (χ0n) is 12.4. The van der Waals surface area contributed by atoms with Crippen LogP contribution in [0.1, 0.15) is 51.3 Å². The predicted octanol–water partition coefficient (Wildman–Crippen LogP) is 2.41. The molecular formula is C15H28N4. The lowest BCUT2D eigenvalue weighted by atomic mass is 10.0. The van der Waals surface area contributed by atoms with Crippen molar-refractivity contribution < 1.29 is 0 Å². The fourth-order valence-corrected chi connectivity index (χ4v) is 2.89. The first-order valence-corrected chi connectivity index (χ1v) is 7.64. The van der Waals surface area contributed by atoms with E-state index in [1.807, 2.05) is 12.5 Å². The maximum absolute atomic E-state index is 6.28. The van der Waals surface area contributed by atoms with Crippen molar-refractivity contribution in [3.63, 3.8) is 0 Å². The SMILES string of the molecule is CC(C)CC(N)c1cncn1CCN1CCCCC1. The fraction of sp³-hybridized carbons (Fsp3) is 0.800. The van der Waals surface area contributed by atoms with Gasteiger partial charge in [0.05, 0.1) is 12.0 Å². The van der Waals surface area contributed by atoms with Crippen molar-refractivity contribution in [2.75, 3.05) is 19.6 Å². The van der Waals surface area contributed by atoms with Crippen LogP contribution < -0.4 is 5.73 Å². The third-order valence-electron chi connectivity index (χ3n) is 3.96. The van der Waals surface area contributed by atoms with E-state index in [2.05, 4.69) is 28.3 Å². The molecule has 0 aromatic carbocycles. The third kappa shape index (κ3) is 4.32. The van der Waals surface area contributed by atoms with E-state index in [0.717, 1.165) is 19.5 Å². The van der Waals surface area contributed by atoms with Crippen LogP contribution in [0.25, 0.3) is 0 Å². The molecule has 0 bridgehead atoms. The molecule has 108 valence electrons. The summed E-state index contributed by atoms with van der Waals surface area (Å²) in [6, 6.07) is 0.115. The van der Waals surface area contributed by atoms with Crippen LogP contribution in [0.3, 0.4) is 0 Å². The van der Waals surface area contributed by atoms with Gasteiger partial charge in [-0.25, -0.2) is 4.98 Å². The number of imidazole rings is 1. The van der Waals surface area contributed by atoms with E-state index >= 15 is 0 Å². The Morgan fingerprint density at radius 1 is 1.21 bits per heavy atom. The lowest BCUT2D eigenvalue weighted by Gasteiger charge is -2.27. The number of nitrogens with two attached hydrogens (primary N) is 1. The van der Waals surface area contributed by atoms with E-state index in [1.54, 1.807) is 0 Å². The fourth-order valence-electron chi connectivity index (χ4n) is 2.89. The number of rotatable bonds is 6. The maximum Gasteiger partial charge on any atom is 0.0949 e. The van der Waals surface area contributed by atoms with Gasteiger partial charge in [-0.2, -0.15) is 0 Å². The quantitative estimate of drug-likeness (QED) is 0.858. The van der Waals surface area contributed by atoms with E-state index in [1.165, 1.54) is 38.0 Å². The molecule has 1 saturated heterocycles. The second kappa shape index (κ2) is 7.06. The summed E-state index contributed by atoms with van der Waals surface area (Å²) in [5.74, 6) is 0.625. The van der Waals surface area contributed by atoms with E-state index in [-0.39, 0.29) is 6.04 Å². The summed E-state index contributed by atoms with van der Waals surface area (Å²) < 4.78 is 2.24. The van der Waals surface area contributed by atoms with Crippen molar-refractivity contribution >= 4 is 0 Å². The predicted molar refractivity (Wildman–Crippen MR) is 78.9 cm³/mol. The maximum atomic E-state index is 6.28. The van der Waals surface area contributed by atoms with Crippen LogP contribution in [0.4, 0.5) is 0 Å². The van der Waals surface area contributed by atoms with Gasteiger partial charge in [-0.3, -0.25) is 0 Å². The van der Waals surface area contributed by atoms with Crippen molar-refractivity contribution in [1.82, 2.24) is 14.5 Å². The van der Waals surface area contributed by atoms with Crippen molar-refractivity contribution in [3.8, 4) is 0 Å². The summed E-state index contributed by atoms with van der Waals surface area (Å²) in [6.45, 7) is 9.08. The highest BCUT2D eigenvalue weighted by molar-refractivity contribution is 5.04. The minimum atomic E-state index is 0.115. The Kier molecular flexibility index (Phi) is 5.40. The second-order valence-electron chi connectivity index (χ2n) is 6.15. The minimum absolute atomic E-state index is 0.115. The molecular weight excluding hydrogens is 236 g/mol. The van der Waals surface area contributed by atoms with Crippen molar-refractivity contribution in [2.24, 2.45) is 11.7 Å². The Bertz CT molecular complexity index is 366. The van der Waals surface area contributed by atoms with Crippen LogP contribution in [0, 0.1) is 5.92 Å². The van der Waals surface area contributed by atoms with Crippen LogP contribution >= 0.6 is 0 Å². The van der Waals surface area contributed by atoms with Gasteiger partial charge in [0, 0.05) is 25.3 Å². The summed E-state index contributed by atoms with van der Waals surface area (Å²) >= 11 is 0. The Morgan fingerprint density at radius 2 is 1.95 bits per heavy atom. The molecule has 0 radical (unpaired) electrons. The van der Waals surface area contributed by atoms with Gasteiger partial charge in [0.1, 0.15) is 0 Å². The Morgan fingerprint density at radius 3 is 2.63 bits per heavy atom. The van der Waals surface area contributed by atoms with Crippen molar-refractivity contribution in [1.29, 1.82) is 0 Å². The number of likely N-dealkylation sites (tertiary alicyclic amines) is 1. The minimum Gasteiger partial charge on any atom is -0.332 e. The molecule has 1 aliphatic heterocycles. The van der Waals surface area contributed by atoms with Crippen LogP contribution in [0.2, 0.25) is 0 Å². The molecule has 1 aromatic rings. The van der Waals surface area contributed by atoms with E-state index in [4.69, 9.17) is 5.73 Å². The molecule has 2 N–H and O–H groups in total. The Labute approximate surface area is 117 Å². The average molecular weight is 264 g/mol. The molecule has 0 spiro atoms. The van der Waals surface area contributed by atoms with Gasteiger partial charge in [-0.1, -0.05) is 20.3 Å². The molecule has 19 heavy (non-hydrogen) atoms. The average Bonchev–Trinajstić information content (AvgIpc) is 2.85. The third-order valence-corrected chi connectivity index (χ3v) is 3.96. The molecule has 0 saturated carbocycles. The molecule has 1 unspecified atom stereocenters. The van der Waals surface area contributed by atoms with Gasteiger partial charge in [-0.15, -0.1) is 0 Å². The van der Waals surface area contributed by atoms with Gasteiger partial charge in [0.25, 0.3) is 0 Å². The highest BCUT2D eigenvalue weighted by Gasteiger charge is 2.14. The van der Waals surface area contributed by atoms with Gasteiger partial charge in [0.2, 0.25) is 0 Å². The lowest BCUT2D eigenvalue weighted by Crippen LogP contribution is -2.33. The number of hydrogen-bond acceptors (Lipinski definition) is 3. The number of hydrogen-bond donors (Lipinski definition) is 1. The summed E-state index contributed by atoms with van der Waals surface area (Å²) in [5.41, 5.74) is 7.46. The molecule has 0 aliphatic carbocycles. The van der Waals surface area contributed by atoms with Gasteiger partial charge < -0.3 is 15.2 Å². The zero-order valence-corrected chi connectivity index (χ0v) is 12.4. The highest BCUT2D eigenvalue weighted by Crippen LogP contribution is 2.18. The molecule has 1 aromatic heterocycles. The number of nitrogens with zero attached hydrogens (tertiary/aromatic N) is 3. The first-order valence-electron chi connectivity index (χ1n) is 7.64. The summed E-state index contributed by atoms with van der Waals surface area (Å²) in [4.78, 5) is 6.84. The van der Waals surface area contributed by atoms with Crippen LogP contribution in [-0.2, 0) is 6.54 Å². The molecule has 2 heterocycles. The van der Waals surface area contributed by atoms with E-state index < -0.39 is 0 Å². The largest absolute Gasteiger partial charge is 0.332 e. The van der Waals surface area contributed by atoms with E-state index in [0.29, 0.717) is 5.92 Å². The van der Waals surface area contributed by atoms with Gasteiger partial charge >= 0.3 is 0 Å². The summed E-state index contributed by atoms with van der Waals surface area (Å²) in [5, 5.41) is 0. The number of aromatic nitrogens is 2. The second-order valence-corrected chi connectivity index (χ2v) is 6.15. The normalized spacial score (nSPS) is 18.9. The highest BCUT2D eigenvalue weighted by atomic mass is 15.2. The van der Waals surface area contributed by atoms with E-state index in [9.17, 15) is 0 Å². The standard InChI is InChI=1S/C15H28N4/c1-13(2)10-14(16)15-11-17-12-19(15)9-8-18-6-4-3-5-7-18/h11-14H,3-10,16H2,1-2H3. The van der Waals surface area contributed by atoms with Crippen molar-refractivity contribution in [2.45, 2.75) is 52.1 Å². The van der Waals surface area contributed by atoms with Gasteiger partial charge in [0.15, 0.2) is 0 Å². The molecule has 4 heteroatoms. The Hall–Kier alpha value is -0.870. The molecule has 1 fully saturated rings. The van der Waals surface area contributed by atoms with Crippen LogP contribution in [0.5, 0.6) is 0 Å². The lowest BCUT2D eigenvalue weighted by molar-refractivity contribution is 0.219. The summed E-state index contributed by atoms with van der Waals surface area (Å²) in [6.07, 6.45) is 8.98. The smallest absolute Gasteiger partial charge is 0.0949 e. The topological polar surface area (TPSA) is 47.1 Å². The molecule has 2 rings (SSSR count). The first kappa shape index (κ1) is 14.5. The monoisotopic (exact) mass is 264 g/mol. The summed E-state index contributed by atoms with van der Waals surface area (Å²) in [7, 11) is 0.